The second-order valence-corrected chi connectivity index (χ2v) is 10.6. The minimum atomic E-state index is -0.401. The molecular formula is C33H29N5O4S. The molecule has 1 fully saturated rings. The van der Waals surface area contributed by atoms with E-state index < -0.39 is 4.92 Å². The summed E-state index contributed by atoms with van der Waals surface area (Å²) in [6, 6.07) is 29.5. The average molecular weight is 592 g/mol. The van der Waals surface area contributed by atoms with Crippen molar-refractivity contribution in [1.29, 1.82) is 0 Å². The highest BCUT2D eigenvalue weighted by Crippen LogP contribution is 2.44. The molecule has 5 aromatic rings. The monoisotopic (exact) mass is 591 g/mol. The zero-order valence-electron chi connectivity index (χ0n) is 23.8. The van der Waals surface area contributed by atoms with Crippen molar-refractivity contribution in [3.05, 3.63) is 136 Å². The molecule has 9 nitrogen and oxygen atoms in total. The molecule has 0 spiro atoms. The van der Waals surface area contributed by atoms with Crippen LogP contribution in [0.3, 0.4) is 0 Å². The molecule has 1 aliphatic heterocycles. The van der Waals surface area contributed by atoms with Crippen LogP contribution in [0.5, 0.6) is 17.2 Å². The molecule has 6 rings (SSSR count). The van der Waals surface area contributed by atoms with E-state index in [0.29, 0.717) is 22.3 Å². The van der Waals surface area contributed by atoms with Crippen molar-refractivity contribution in [2.75, 3.05) is 12.0 Å². The van der Waals surface area contributed by atoms with Crippen LogP contribution in [0.4, 0.5) is 11.4 Å². The Hall–Kier alpha value is -5.22. The fourth-order valence-corrected chi connectivity index (χ4v) is 6.02. The van der Waals surface area contributed by atoms with E-state index in [1.54, 1.807) is 25.4 Å². The van der Waals surface area contributed by atoms with Gasteiger partial charge >= 0.3 is 0 Å². The third-order valence-corrected chi connectivity index (χ3v) is 7.91. The van der Waals surface area contributed by atoms with Gasteiger partial charge in [0.1, 0.15) is 17.2 Å². The minimum Gasteiger partial charge on any atom is -0.495 e. The van der Waals surface area contributed by atoms with E-state index in [1.807, 2.05) is 91.2 Å². The van der Waals surface area contributed by atoms with Gasteiger partial charge in [0.15, 0.2) is 5.11 Å². The molecule has 0 bridgehead atoms. The van der Waals surface area contributed by atoms with Gasteiger partial charge in [-0.3, -0.25) is 15.1 Å². The molecule has 0 amide bonds. The number of para-hydroxylation sites is 1. The maximum absolute atomic E-state index is 11.6. The van der Waals surface area contributed by atoms with Gasteiger partial charge in [0.05, 0.1) is 35.5 Å². The number of nitrogens with zero attached hydrogens (tertiary/aromatic N) is 4. The first kappa shape index (κ1) is 27.9. The minimum absolute atomic E-state index is 0.0145. The number of rotatable bonds is 8. The van der Waals surface area contributed by atoms with E-state index in [4.69, 9.17) is 21.7 Å². The third-order valence-electron chi connectivity index (χ3n) is 7.59. The summed E-state index contributed by atoms with van der Waals surface area (Å²) < 4.78 is 13.6. The average Bonchev–Trinajstić information content (AvgIpc) is 3.52. The first-order chi connectivity index (χ1) is 20.9. The Morgan fingerprint density at radius 2 is 1.65 bits per heavy atom. The van der Waals surface area contributed by atoms with Gasteiger partial charge in [-0.05, 0) is 92.3 Å². The number of ether oxygens (including phenoxy) is 2. The summed E-state index contributed by atoms with van der Waals surface area (Å²) in [7, 11) is 1.56. The molecule has 1 saturated heterocycles. The summed E-state index contributed by atoms with van der Waals surface area (Å²) in [6.07, 6.45) is 1.77. The van der Waals surface area contributed by atoms with Crippen LogP contribution in [0.15, 0.2) is 103 Å². The van der Waals surface area contributed by atoms with E-state index in [2.05, 4.69) is 21.3 Å². The Balaban J connectivity index is 1.45. The number of anilines is 1. The first-order valence-corrected chi connectivity index (χ1v) is 14.1. The van der Waals surface area contributed by atoms with Gasteiger partial charge in [-0.25, -0.2) is 0 Å². The molecule has 216 valence electrons. The molecule has 2 unspecified atom stereocenters. The second kappa shape index (κ2) is 11.6. The molecule has 3 aromatic carbocycles. The maximum atomic E-state index is 11.6. The molecule has 0 radical (unpaired) electrons. The zero-order chi connectivity index (χ0) is 30.1. The van der Waals surface area contributed by atoms with Gasteiger partial charge < -0.3 is 24.3 Å². The molecule has 1 aliphatic rings. The summed E-state index contributed by atoms with van der Waals surface area (Å²) in [6.45, 7) is 3.98. The predicted octanol–water partition coefficient (Wildman–Crippen LogP) is 7.38. The molecule has 2 aromatic heterocycles. The zero-order valence-corrected chi connectivity index (χ0v) is 24.6. The lowest BCUT2D eigenvalue weighted by Crippen LogP contribution is -2.29. The van der Waals surface area contributed by atoms with Gasteiger partial charge in [0.25, 0.3) is 5.69 Å². The fraction of sp³-hybridized carbons (Fsp3) is 0.152. The second-order valence-electron chi connectivity index (χ2n) is 10.2. The van der Waals surface area contributed by atoms with Crippen molar-refractivity contribution in [3.8, 4) is 22.9 Å². The fourth-order valence-electron chi connectivity index (χ4n) is 5.67. The van der Waals surface area contributed by atoms with Crippen molar-refractivity contribution in [2.45, 2.75) is 25.9 Å². The Morgan fingerprint density at radius 1 is 0.930 bits per heavy atom. The Labute approximate surface area is 254 Å². The number of pyridine rings is 1. The first-order valence-electron chi connectivity index (χ1n) is 13.7. The topological polar surface area (TPSA) is 94.7 Å². The van der Waals surface area contributed by atoms with Crippen molar-refractivity contribution in [1.82, 2.24) is 14.9 Å². The summed E-state index contributed by atoms with van der Waals surface area (Å²) >= 11 is 5.93. The molecule has 43 heavy (non-hydrogen) atoms. The number of non-ortho nitro benzene ring substituents is 1. The highest BCUT2D eigenvalue weighted by molar-refractivity contribution is 7.80. The predicted molar refractivity (Wildman–Crippen MR) is 169 cm³/mol. The summed E-state index contributed by atoms with van der Waals surface area (Å²) in [5, 5.41) is 15.7. The van der Waals surface area contributed by atoms with Crippen LogP contribution in [-0.2, 0) is 0 Å². The lowest BCUT2D eigenvalue weighted by molar-refractivity contribution is -0.384. The smallest absolute Gasteiger partial charge is 0.271 e. The number of aromatic nitrogens is 2. The lowest BCUT2D eigenvalue weighted by Gasteiger charge is -2.28. The number of aryl methyl sites for hydroxylation is 1. The Kier molecular flexibility index (Phi) is 7.52. The van der Waals surface area contributed by atoms with Crippen LogP contribution in [-0.4, -0.2) is 26.7 Å². The highest BCUT2D eigenvalue weighted by atomic mass is 32.1. The van der Waals surface area contributed by atoms with Crippen LogP contribution < -0.4 is 19.7 Å². The summed E-state index contributed by atoms with van der Waals surface area (Å²) in [5.74, 6) is 2.00. The number of nitro groups is 1. The number of nitro benzene ring substituents is 1. The van der Waals surface area contributed by atoms with Crippen molar-refractivity contribution < 1.29 is 14.4 Å². The van der Waals surface area contributed by atoms with Crippen LogP contribution in [0, 0.1) is 24.0 Å². The van der Waals surface area contributed by atoms with E-state index in [0.717, 1.165) is 34.1 Å². The Bertz CT molecular complexity index is 1790. The number of nitrogens with one attached hydrogen (secondary N) is 1. The van der Waals surface area contributed by atoms with E-state index in [1.165, 1.54) is 6.07 Å². The van der Waals surface area contributed by atoms with Gasteiger partial charge in [-0.15, -0.1) is 0 Å². The van der Waals surface area contributed by atoms with Crippen molar-refractivity contribution in [3.63, 3.8) is 0 Å². The number of hydrogen-bond donors (Lipinski definition) is 1. The molecule has 0 saturated carbocycles. The highest BCUT2D eigenvalue weighted by Gasteiger charge is 2.42. The van der Waals surface area contributed by atoms with Crippen LogP contribution >= 0.6 is 12.2 Å². The van der Waals surface area contributed by atoms with E-state index in [9.17, 15) is 10.1 Å². The number of hydrogen-bond acceptors (Lipinski definition) is 6. The van der Waals surface area contributed by atoms with E-state index in [-0.39, 0.29) is 17.8 Å². The number of thiocarbonyl (C=S) groups is 1. The van der Waals surface area contributed by atoms with Crippen molar-refractivity contribution >= 4 is 28.7 Å². The summed E-state index contributed by atoms with van der Waals surface area (Å²) in [4.78, 5) is 18.0. The molecular weight excluding hydrogens is 562 g/mol. The van der Waals surface area contributed by atoms with Gasteiger partial charge in [0, 0.05) is 35.4 Å². The van der Waals surface area contributed by atoms with E-state index >= 15 is 0 Å². The van der Waals surface area contributed by atoms with Crippen LogP contribution in [0.25, 0.3) is 5.69 Å². The van der Waals surface area contributed by atoms with Crippen LogP contribution in [0.2, 0.25) is 0 Å². The SMILES string of the molecule is COc1ccc([N+](=O)[O-])cc1-n1c(C)cc(C2C(c3ccccn3)NC(=S)N2c2ccc(Oc3ccccc3)cc2)c1C. The molecule has 1 N–H and O–H groups in total. The normalized spacial score (nSPS) is 16.2. The third kappa shape index (κ3) is 5.28. The molecule has 3 heterocycles. The lowest BCUT2D eigenvalue weighted by atomic mass is 9.96. The number of methoxy groups -OCH3 is 1. The Morgan fingerprint density at radius 3 is 2.33 bits per heavy atom. The number of benzene rings is 3. The summed E-state index contributed by atoms with van der Waals surface area (Å²) in [5.41, 5.74) is 5.12. The molecule has 10 heteroatoms. The quantitative estimate of drug-likeness (QED) is 0.114. The van der Waals surface area contributed by atoms with Crippen molar-refractivity contribution in [2.24, 2.45) is 0 Å². The van der Waals surface area contributed by atoms with Gasteiger partial charge in [-0.2, -0.15) is 0 Å². The van der Waals surface area contributed by atoms with Crippen LogP contribution in [0.1, 0.15) is 34.7 Å². The van der Waals surface area contributed by atoms with Gasteiger partial charge in [0.2, 0.25) is 0 Å². The standard InChI is InChI=1S/C33H29N5O4S/c1-21-19-27(22(2)36(21)29-20-24(38(39)40)14-17-30(29)41-3)32-31(28-11-7-8-18-34-28)35-33(43)37(32)23-12-15-26(16-13-23)42-25-9-5-4-6-10-25/h4-20,31-32H,1-3H3,(H,35,43). The van der Waals surface area contributed by atoms with Gasteiger partial charge in [-0.1, -0.05) is 24.3 Å². The molecule has 2 atom stereocenters. The largest absolute Gasteiger partial charge is 0.495 e. The molecule has 0 aliphatic carbocycles. The maximum Gasteiger partial charge on any atom is 0.271 e.